The third-order valence-electron chi connectivity index (χ3n) is 4.03. The highest BCUT2D eigenvalue weighted by atomic mass is 16.4. The normalized spacial score (nSPS) is 14.9. The van der Waals surface area contributed by atoms with Crippen LogP contribution in [0, 0.1) is 5.92 Å². The molecule has 0 saturated heterocycles. The van der Waals surface area contributed by atoms with Crippen molar-refractivity contribution in [1.29, 1.82) is 0 Å². The largest absolute Gasteiger partial charge is 0.478 e. The minimum Gasteiger partial charge on any atom is -0.478 e. The lowest BCUT2D eigenvalue weighted by molar-refractivity contribution is 0.0697. The SMILES string of the molecule is CC(C)N(CC1CC1)c1c(C(=O)O)cnc2c1cnn2C. The van der Waals surface area contributed by atoms with Crippen molar-refractivity contribution in [3.63, 3.8) is 0 Å². The van der Waals surface area contributed by atoms with Gasteiger partial charge in [0.1, 0.15) is 5.56 Å². The highest BCUT2D eigenvalue weighted by Crippen LogP contribution is 2.36. The van der Waals surface area contributed by atoms with Gasteiger partial charge in [-0.1, -0.05) is 0 Å². The summed E-state index contributed by atoms with van der Waals surface area (Å²) in [6.07, 6.45) is 5.62. The van der Waals surface area contributed by atoms with E-state index < -0.39 is 5.97 Å². The number of aryl methyl sites for hydroxylation is 1. The highest BCUT2D eigenvalue weighted by Gasteiger charge is 2.29. The van der Waals surface area contributed by atoms with Crippen molar-refractivity contribution in [2.75, 3.05) is 11.4 Å². The van der Waals surface area contributed by atoms with E-state index in [2.05, 4.69) is 28.8 Å². The molecule has 1 N–H and O–H groups in total. The van der Waals surface area contributed by atoms with E-state index in [1.807, 2.05) is 7.05 Å². The van der Waals surface area contributed by atoms with Gasteiger partial charge in [0.25, 0.3) is 0 Å². The summed E-state index contributed by atoms with van der Waals surface area (Å²) in [5.41, 5.74) is 1.73. The maximum absolute atomic E-state index is 11.6. The fraction of sp³-hybridized carbons (Fsp3) is 0.533. The molecule has 2 aromatic heterocycles. The molecule has 0 atom stereocenters. The van der Waals surface area contributed by atoms with Gasteiger partial charge in [-0.05, 0) is 32.6 Å². The van der Waals surface area contributed by atoms with E-state index in [4.69, 9.17) is 0 Å². The van der Waals surface area contributed by atoms with Crippen molar-refractivity contribution in [3.8, 4) is 0 Å². The van der Waals surface area contributed by atoms with Crippen LogP contribution in [0.3, 0.4) is 0 Å². The molecule has 6 heteroatoms. The summed E-state index contributed by atoms with van der Waals surface area (Å²) in [5, 5.41) is 14.6. The van der Waals surface area contributed by atoms with E-state index in [0.717, 1.165) is 23.3 Å². The smallest absolute Gasteiger partial charge is 0.339 e. The first kappa shape index (κ1) is 13.9. The van der Waals surface area contributed by atoms with Crippen molar-refractivity contribution in [2.45, 2.75) is 32.7 Å². The number of anilines is 1. The molecule has 0 spiro atoms. The van der Waals surface area contributed by atoms with Gasteiger partial charge in [0.2, 0.25) is 0 Å². The Kier molecular flexibility index (Phi) is 3.31. The molecule has 6 nitrogen and oxygen atoms in total. The Morgan fingerprint density at radius 1 is 1.48 bits per heavy atom. The first-order valence-electron chi connectivity index (χ1n) is 7.29. The molecule has 1 aliphatic rings. The average molecular weight is 288 g/mol. The first-order valence-corrected chi connectivity index (χ1v) is 7.29. The molecule has 2 heterocycles. The Morgan fingerprint density at radius 2 is 2.19 bits per heavy atom. The Bertz CT molecular complexity index is 688. The second kappa shape index (κ2) is 5.02. The predicted molar refractivity (Wildman–Crippen MR) is 80.7 cm³/mol. The van der Waals surface area contributed by atoms with E-state index in [1.54, 1.807) is 10.9 Å². The lowest BCUT2D eigenvalue weighted by Crippen LogP contribution is -2.34. The zero-order chi connectivity index (χ0) is 15.1. The summed E-state index contributed by atoms with van der Waals surface area (Å²) in [6, 6.07) is 0.231. The van der Waals surface area contributed by atoms with Gasteiger partial charge in [-0.15, -0.1) is 0 Å². The number of carboxylic acids is 1. The van der Waals surface area contributed by atoms with Crippen LogP contribution in [0.5, 0.6) is 0 Å². The summed E-state index contributed by atoms with van der Waals surface area (Å²) in [7, 11) is 1.82. The Morgan fingerprint density at radius 3 is 2.76 bits per heavy atom. The topological polar surface area (TPSA) is 71.2 Å². The van der Waals surface area contributed by atoms with Crippen molar-refractivity contribution in [2.24, 2.45) is 13.0 Å². The molecular weight excluding hydrogens is 268 g/mol. The van der Waals surface area contributed by atoms with E-state index in [9.17, 15) is 9.90 Å². The van der Waals surface area contributed by atoms with Gasteiger partial charge in [0.05, 0.1) is 17.3 Å². The van der Waals surface area contributed by atoms with E-state index >= 15 is 0 Å². The molecular formula is C15H20N4O2. The van der Waals surface area contributed by atoms with Gasteiger partial charge in [-0.25, -0.2) is 9.78 Å². The molecule has 0 amide bonds. The van der Waals surface area contributed by atoms with Crippen molar-refractivity contribution in [3.05, 3.63) is 18.0 Å². The van der Waals surface area contributed by atoms with Crippen LogP contribution in [-0.2, 0) is 7.05 Å². The van der Waals surface area contributed by atoms with Gasteiger partial charge in [0.15, 0.2) is 5.65 Å². The molecule has 112 valence electrons. The van der Waals surface area contributed by atoms with Gasteiger partial charge in [-0.3, -0.25) is 4.68 Å². The molecule has 0 unspecified atom stereocenters. The van der Waals surface area contributed by atoms with Crippen LogP contribution in [0.25, 0.3) is 11.0 Å². The van der Waals surface area contributed by atoms with E-state index in [1.165, 1.54) is 19.0 Å². The molecule has 0 bridgehead atoms. The van der Waals surface area contributed by atoms with Crippen LogP contribution in [0.15, 0.2) is 12.4 Å². The molecule has 0 aromatic carbocycles. The quantitative estimate of drug-likeness (QED) is 0.914. The molecule has 3 rings (SSSR count). The van der Waals surface area contributed by atoms with Gasteiger partial charge in [-0.2, -0.15) is 5.10 Å². The minimum absolute atomic E-state index is 0.231. The minimum atomic E-state index is -0.940. The average Bonchev–Trinajstić information content (AvgIpc) is 3.18. The second-order valence-electron chi connectivity index (χ2n) is 6.02. The number of aromatic carboxylic acids is 1. The molecule has 1 fully saturated rings. The lowest BCUT2D eigenvalue weighted by Gasteiger charge is -2.30. The van der Waals surface area contributed by atoms with Gasteiger partial charge in [0, 0.05) is 25.8 Å². The highest BCUT2D eigenvalue weighted by molar-refractivity contribution is 6.03. The molecule has 0 radical (unpaired) electrons. The zero-order valence-electron chi connectivity index (χ0n) is 12.6. The molecule has 0 aliphatic heterocycles. The van der Waals surface area contributed by atoms with Crippen LogP contribution in [-0.4, -0.2) is 38.4 Å². The van der Waals surface area contributed by atoms with Crippen LogP contribution < -0.4 is 4.90 Å². The Labute approximate surface area is 123 Å². The standard InChI is InChI=1S/C15H20N4O2/c1-9(2)19(8-10-4-5-10)13-11-7-17-18(3)14(11)16-6-12(13)15(20)21/h6-7,9-10H,4-5,8H2,1-3H3,(H,20,21). The van der Waals surface area contributed by atoms with Crippen LogP contribution in [0.2, 0.25) is 0 Å². The van der Waals surface area contributed by atoms with Crippen LogP contribution in [0.1, 0.15) is 37.0 Å². The van der Waals surface area contributed by atoms with Gasteiger partial charge < -0.3 is 10.0 Å². The first-order chi connectivity index (χ1) is 9.99. The molecule has 1 aliphatic carbocycles. The lowest BCUT2D eigenvalue weighted by atomic mass is 10.1. The monoisotopic (exact) mass is 288 g/mol. The summed E-state index contributed by atoms with van der Waals surface area (Å²) in [5.74, 6) is -0.265. The molecule has 2 aromatic rings. The molecule has 21 heavy (non-hydrogen) atoms. The molecule has 1 saturated carbocycles. The summed E-state index contributed by atoms with van der Waals surface area (Å²) >= 11 is 0. The number of rotatable bonds is 5. The van der Waals surface area contributed by atoms with Crippen LogP contribution in [0.4, 0.5) is 5.69 Å². The number of pyridine rings is 1. The summed E-state index contributed by atoms with van der Waals surface area (Å²) < 4.78 is 1.68. The van der Waals surface area contributed by atoms with Crippen molar-refractivity contribution < 1.29 is 9.90 Å². The van der Waals surface area contributed by atoms with Crippen molar-refractivity contribution >= 4 is 22.7 Å². The Hall–Kier alpha value is -2.11. The van der Waals surface area contributed by atoms with Gasteiger partial charge >= 0.3 is 5.97 Å². The number of nitrogens with zero attached hydrogens (tertiary/aromatic N) is 4. The van der Waals surface area contributed by atoms with E-state index in [-0.39, 0.29) is 11.6 Å². The van der Waals surface area contributed by atoms with Crippen LogP contribution >= 0.6 is 0 Å². The third kappa shape index (κ3) is 2.46. The third-order valence-corrected chi connectivity index (χ3v) is 4.03. The fourth-order valence-electron chi connectivity index (χ4n) is 2.69. The maximum atomic E-state index is 11.6. The number of carboxylic acid groups (broad SMARTS) is 1. The number of fused-ring (bicyclic) bond motifs is 1. The number of hydrogen-bond donors (Lipinski definition) is 1. The Balaban J connectivity index is 2.19. The number of aromatic nitrogens is 3. The zero-order valence-corrected chi connectivity index (χ0v) is 12.6. The number of carbonyl (C=O) groups is 1. The number of hydrogen-bond acceptors (Lipinski definition) is 4. The summed E-state index contributed by atoms with van der Waals surface area (Å²) in [4.78, 5) is 18.0. The maximum Gasteiger partial charge on any atom is 0.339 e. The van der Waals surface area contributed by atoms with Crippen molar-refractivity contribution in [1.82, 2.24) is 14.8 Å². The predicted octanol–water partition coefficient (Wildman–Crippen LogP) is 2.29. The van der Waals surface area contributed by atoms with E-state index in [0.29, 0.717) is 5.92 Å². The fourth-order valence-corrected chi connectivity index (χ4v) is 2.69. The second-order valence-corrected chi connectivity index (χ2v) is 6.02. The summed E-state index contributed by atoms with van der Waals surface area (Å²) in [6.45, 7) is 5.08.